The van der Waals surface area contributed by atoms with Gasteiger partial charge in [-0.1, -0.05) is 53.6 Å². The molecule has 0 amide bonds. The molecule has 150 valence electrons. The average molecular weight is 410 g/mol. The lowest BCUT2D eigenvalue weighted by Gasteiger charge is -2.24. The normalized spacial score (nSPS) is 11.1. The third-order valence-electron chi connectivity index (χ3n) is 4.43. The van der Waals surface area contributed by atoms with Crippen LogP contribution in [0.3, 0.4) is 0 Å². The maximum atomic E-state index is 13.2. The van der Waals surface area contributed by atoms with Crippen molar-refractivity contribution in [1.82, 2.24) is 0 Å². The lowest BCUT2D eigenvalue weighted by Crippen LogP contribution is -2.34. The first-order valence-corrected chi connectivity index (χ1v) is 10.7. The standard InChI is InChI=1S/C23H23NO4S/c1-18-11-13-22(14-12-18)29(26,27)24(21-9-4-3-5-10-21)15-16-28-23(25)20-8-6-7-19(2)17-20/h3-14,17H,15-16H2,1-2H3. The van der Waals surface area contributed by atoms with Crippen molar-refractivity contribution in [2.75, 3.05) is 17.5 Å². The molecule has 0 saturated carbocycles. The van der Waals surface area contributed by atoms with Gasteiger partial charge in [-0.25, -0.2) is 13.2 Å². The second-order valence-corrected chi connectivity index (χ2v) is 8.59. The second-order valence-electron chi connectivity index (χ2n) is 6.73. The Morgan fingerprint density at radius 2 is 1.55 bits per heavy atom. The van der Waals surface area contributed by atoms with E-state index in [4.69, 9.17) is 4.74 Å². The van der Waals surface area contributed by atoms with Gasteiger partial charge < -0.3 is 4.74 Å². The number of benzene rings is 3. The maximum Gasteiger partial charge on any atom is 0.338 e. The number of carbonyl (C=O) groups is 1. The molecule has 0 aliphatic rings. The van der Waals surface area contributed by atoms with Crippen LogP contribution in [-0.4, -0.2) is 27.5 Å². The largest absolute Gasteiger partial charge is 0.460 e. The zero-order valence-corrected chi connectivity index (χ0v) is 17.2. The van der Waals surface area contributed by atoms with Crippen molar-refractivity contribution in [1.29, 1.82) is 0 Å². The summed E-state index contributed by atoms with van der Waals surface area (Å²) in [6, 6.07) is 22.6. The summed E-state index contributed by atoms with van der Waals surface area (Å²) in [5.74, 6) is -0.477. The molecule has 6 heteroatoms. The lowest BCUT2D eigenvalue weighted by molar-refractivity contribution is 0.0517. The van der Waals surface area contributed by atoms with Gasteiger partial charge in [-0.2, -0.15) is 0 Å². The number of esters is 1. The van der Waals surface area contributed by atoms with Gasteiger partial charge in [-0.05, 0) is 50.2 Å². The van der Waals surface area contributed by atoms with Gasteiger partial charge in [0, 0.05) is 0 Å². The zero-order chi connectivity index (χ0) is 20.9. The first-order chi connectivity index (χ1) is 13.9. The fourth-order valence-electron chi connectivity index (χ4n) is 2.90. The molecule has 3 aromatic carbocycles. The number of hydrogen-bond donors (Lipinski definition) is 0. The number of sulfonamides is 1. The van der Waals surface area contributed by atoms with Crippen LogP contribution in [-0.2, 0) is 14.8 Å². The van der Waals surface area contributed by atoms with Gasteiger partial charge in [0.05, 0.1) is 22.7 Å². The fourth-order valence-corrected chi connectivity index (χ4v) is 4.35. The summed E-state index contributed by atoms with van der Waals surface area (Å²) >= 11 is 0. The number of nitrogens with zero attached hydrogens (tertiary/aromatic N) is 1. The molecule has 0 N–H and O–H groups in total. The Bertz CT molecular complexity index is 1080. The van der Waals surface area contributed by atoms with E-state index in [0.717, 1.165) is 11.1 Å². The third kappa shape index (κ3) is 5.03. The Hall–Kier alpha value is -3.12. The number of hydrogen-bond acceptors (Lipinski definition) is 4. The number of rotatable bonds is 7. The predicted octanol–water partition coefficient (Wildman–Crippen LogP) is 4.36. The lowest BCUT2D eigenvalue weighted by atomic mass is 10.1. The highest BCUT2D eigenvalue weighted by atomic mass is 32.2. The highest BCUT2D eigenvalue weighted by Crippen LogP contribution is 2.23. The topological polar surface area (TPSA) is 63.7 Å². The van der Waals surface area contributed by atoms with E-state index < -0.39 is 16.0 Å². The predicted molar refractivity (Wildman–Crippen MR) is 114 cm³/mol. The van der Waals surface area contributed by atoms with Crippen LogP contribution in [0.1, 0.15) is 21.5 Å². The Morgan fingerprint density at radius 3 is 2.21 bits per heavy atom. The van der Waals surface area contributed by atoms with Crippen LogP contribution in [0.25, 0.3) is 0 Å². The van der Waals surface area contributed by atoms with Crippen LogP contribution >= 0.6 is 0 Å². The monoisotopic (exact) mass is 409 g/mol. The van der Waals surface area contributed by atoms with Gasteiger partial charge in [0.25, 0.3) is 10.0 Å². The minimum absolute atomic E-state index is 0.0117. The van der Waals surface area contributed by atoms with E-state index in [2.05, 4.69) is 0 Å². The molecule has 0 spiro atoms. The second kappa shape index (κ2) is 8.92. The Labute approximate surface area is 171 Å². The number of aryl methyl sites for hydroxylation is 2. The summed E-state index contributed by atoms with van der Waals surface area (Å²) in [5.41, 5.74) is 2.88. The van der Waals surface area contributed by atoms with Crippen molar-refractivity contribution >= 4 is 21.7 Å². The van der Waals surface area contributed by atoms with Crippen molar-refractivity contribution in [3.8, 4) is 0 Å². The summed E-state index contributed by atoms with van der Waals surface area (Å²) in [5, 5.41) is 0. The number of carbonyl (C=O) groups excluding carboxylic acids is 1. The molecule has 0 aromatic heterocycles. The zero-order valence-electron chi connectivity index (χ0n) is 16.4. The molecule has 5 nitrogen and oxygen atoms in total. The van der Waals surface area contributed by atoms with Crippen LogP contribution in [0.4, 0.5) is 5.69 Å². The molecule has 29 heavy (non-hydrogen) atoms. The quantitative estimate of drug-likeness (QED) is 0.544. The van der Waals surface area contributed by atoms with Crippen molar-refractivity contribution in [2.24, 2.45) is 0 Å². The minimum Gasteiger partial charge on any atom is -0.460 e. The number of anilines is 1. The highest BCUT2D eigenvalue weighted by molar-refractivity contribution is 7.92. The molecule has 0 bridgehead atoms. The van der Waals surface area contributed by atoms with Gasteiger partial charge in [-0.15, -0.1) is 0 Å². The SMILES string of the molecule is Cc1ccc(S(=O)(=O)N(CCOC(=O)c2cccc(C)c2)c2ccccc2)cc1. The molecule has 0 saturated heterocycles. The van der Waals surface area contributed by atoms with Crippen molar-refractivity contribution in [3.05, 3.63) is 95.6 Å². The summed E-state index contributed by atoms with van der Waals surface area (Å²) in [4.78, 5) is 12.5. The van der Waals surface area contributed by atoms with E-state index in [1.165, 1.54) is 4.31 Å². The average Bonchev–Trinajstić information content (AvgIpc) is 2.72. The molecule has 0 atom stereocenters. The number of ether oxygens (including phenoxy) is 1. The molecule has 0 unspecified atom stereocenters. The molecule has 3 rings (SSSR count). The van der Waals surface area contributed by atoms with Gasteiger partial charge in [0.15, 0.2) is 0 Å². The molecule has 0 aliphatic heterocycles. The molecule has 0 aliphatic carbocycles. The van der Waals surface area contributed by atoms with Gasteiger partial charge >= 0.3 is 5.97 Å². The Balaban J connectivity index is 1.80. The van der Waals surface area contributed by atoms with E-state index in [1.807, 2.05) is 26.0 Å². The number of para-hydroxylation sites is 1. The fraction of sp³-hybridized carbons (Fsp3) is 0.174. The van der Waals surface area contributed by atoms with Gasteiger partial charge in [0.1, 0.15) is 6.61 Å². The van der Waals surface area contributed by atoms with E-state index >= 15 is 0 Å². The first-order valence-electron chi connectivity index (χ1n) is 9.26. The van der Waals surface area contributed by atoms with Crippen LogP contribution in [0.5, 0.6) is 0 Å². The maximum absolute atomic E-state index is 13.2. The molecule has 0 fully saturated rings. The summed E-state index contributed by atoms with van der Waals surface area (Å²) in [7, 11) is -3.80. The van der Waals surface area contributed by atoms with Gasteiger partial charge in [-0.3, -0.25) is 4.31 Å². The summed E-state index contributed by atoms with van der Waals surface area (Å²) in [6.45, 7) is 3.74. The molecular weight excluding hydrogens is 386 g/mol. The summed E-state index contributed by atoms with van der Waals surface area (Å²) < 4.78 is 33.0. The van der Waals surface area contributed by atoms with Crippen molar-refractivity contribution < 1.29 is 17.9 Å². The first kappa shape index (κ1) is 20.6. The van der Waals surface area contributed by atoms with E-state index in [-0.39, 0.29) is 18.0 Å². The Kier molecular flexibility index (Phi) is 6.34. The van der Waals surface area contributed by atoms with Crippen molar-refractivity contribution in [3.63, 3.8) is 0 Å². The summed E-state index contributed by atoms with van der Waals surface area (Å²) in [6.07, 6.45) is 0. The molecular formula is C23H23NO4S. The van der Waals surface area contributed by atoms with Crippen LogP contribution in [0, 0.1) is 13.8 Å². The smallest absolute Gasteiger partial charge is 0.338 e. The Morgan fingerprint density at radius 1 is 0.862 bits per heavy atom. The molecule has 3 aromatic rings. The molecule has 0 heterocycles. The van der Waals surface area contributed by atoms with Crippen LogP contribution in [0.15, 0.2) is 83.8 Å². The van der Waals surface area contributed by atoms with Gasteiger partial charge in [0.2, 0.25) is 0 Å². The highest BCUT2D eigenvalue weighted by Gasteiger charge is 2.25. The van der Waals surface area contributed by atoms with Crippen LogP contribution in [0.2, 0.25) is 0 Å². The minimum atomic E-state index is -3.80. The van der Waals surface area contributed by atoms with E-state index in [1.54, 1.807) is 66.7 Å². The van der Waals surface area contributed by atoms with E-state index in [9.17, 15) is 13.2 Å². The van der Waals surface area contributed by atoms with Crippen LogP contribution < -0.4 is 4.31 Å². The molecule has 0 radical (unpaired) electrons. The van der Waals surface area contributed by atoms with E-state index in [0.29, 0.717) is 11.3 Å². The van der Waals surface area contributed by atoms with Crippen molar-refractivity contribution in [2.45, 2.75) is 18.7 Å². The third-order valence-corrected chi connectivity index (χ3v) is 6.28.